The fraction of sp³-hybridized carbons (Fsp3) is 0.214. The smallest absolute Gasteiger partial charge is 0.397 e. The van der Waals surface area contributed by atoms with Gasteiger partial charge in [-0.15, -0.1) is 0 Å². The van der Waals surface area contributed by atoms with Crippen LogP contribution in [0.2, 0.25) is 0 Å². The van der Waals surface area contributed by atoms with Gasteiger partial charge in [0, 0.05) is 30.8 Å². The van der Waals surface area contributed by atoms with Crippen molar-refractivity contribution in [2.24, 2.45) is 5.92 Å². The van der Waals surface area contributed by atoms with Crippen molar-refractivity contribution in [3.63, 3.8) is 0 Å². The Morgan fingerprint density at radius 2 is 1.70 bits per heavy atom. The summed E-state index contributed by atoms with van der Waals surface area (Å²) in [7, 11) is 1.90. The number of carbonyl (C=O) groups is 2. The van der Waals surface area contributed by atoms with Gasteiger partial charge < -0.3 is 21.3 Å². The summed E-state index contributed by atoms with van der Waals surface area (Å²) in [5.41, 5.74) is 7.90. The molecule has 0 aliphatic carbocycles. The monoisotopic (exact) mass is 508 g/mol. The van der Waals surface area contributed by atoms with Gasteiger partial charge >= 0.3 is 6.18 Å². The first-order valence-electron chi connectivity index (χ1n) is 11.7. The first-order valence-corrected chi connectivity index (χ1v) is 11.7. The van der Waals surface area contributed by atoms with Crippen LogP contribution in [0.15, 0.2) is 78.9 Å². The van der Waals surface area contributed by atoms with E-state index in [-0.39, 0.29) is 23.4 Å². The third kappa shape index (κ3) is 6.56. The van der Waals surface area contributed by atoms with E-state index in [0.717, 1.165) is 23.3 Å². The van der Waals surface area contributed by atoms with E-state index in [0.29, 0.717) is 24.5 Å². The molecule has 192 valence electrons. The van der Waals surface area contributed by atoms with Crippen LogP contribution in [0, 0.1) is 5.92 Å². The number of alkyl halides is 3. The van der Waals surface area contributed by atoms with Crippen molar-refractivity contribution >= 4 is 35.0 Å². The van der Waals surface area contributed by atoms with E-state index >= 15 is 0 Å². The quantitative estimate of drug-likeness (QED) is 0.315. The molecule has 37 heavy (non-hydrogen) atoms. The molecule has 0 saturated carbocycles. The van der Waals surface area contributed by atoms with Crippen molar-refractivity contribution in [2.45, 2.75) is 12.1 Å². The maximum absolute atomic E-state index is 13.0. The molecule has 1 saturated heterocycles. The Hall–Kier alpha value is -4.11. The molecule has 2 atom stereocenters. The lowest BCUT2D eigenvalue weighted by Gasteiger charge is -2.19. The van der Waals surface area contributed by atoms with Gasteiger partial charge in [-0.05, 0) is 54.6 Å². The van der Waals surface area contributed by atoms with Crippen LogP contribution < -0.4 is 16.4 Å². The molecule has 1 fully saturated rings. The average Bonchev–Trinajstić information content (AvgIpc) is 3.26. The number of para-hydroxylation sites is 2. The number of likely N-dealkylation sites (N-methyl/N-ethyl adjacent to an activating group) is 1. The SMILES string of the molecule is CN1CC(C(=O)Nc2cccc(C(F)(F)F)c2)C(c2ccc(/C=C/C(=O)Nc3ccccc3N)cc2)C1. The van der Waals surface area contributed by atoms with E-state index in [9.17, 15) is 22.8 Å². The summed E-state index contributed by atoms with van der Waals surface area (Å²) in [6.07, 6.45) is -1.39. The third-order valence-electron chi connectivity index (χ3n) is 6.31. The van der Waals surface area contributed by atoms with Gasteiger partial charge in [-0.2, -0.15) is 13.2 Å². The number of amides is 2. The number of anilines is 3. The first kappa shape index (κ1) is 26.0. The number of halogens is 3. The van der Waals surface area contributed by atoms with E-state index < -0.39 is 17.7 Å². The molecule has 2 unspecified atom stereocenters. The molecule has 2 amide bonds. The van der Waals surface area contributed by atoms with Gasteiger partial charge in [0.1, 0.15) is 0 Å². The predicted octanol–water partition coefficient (Wildman–Crippen LogP) is 5.22. The molecule has 0 radical (unpaired) electrons. The Morgan fingerprint density at radius 1 is 0.973 bits per heavy atom. The first-order chi connectivity index (χ1) is 17.6. The van der Waals surface area contributed by atoms with Crippen LogP contribution in [0.4, 0.5) is 30.2 Å². The summed E-state index contributed by atoms with van der Waals surface area (Å²) < 4.78 is 39.1. The van der Waals surface area contributed by atoms with Crippen molar-refractivity contribution in [3.8, 4) is 0 Å². The van der Waals surface area contributed by atoms with Crippen LogP contribution in [0.25, 0.3) is 6.08 Å². The predicted molar refractivity (Wildman–Crippen MR) is 139 cm³/mol. The van der Waals surface area contributed by atoms with E-state index in [2.05, 4.69) is 10.6 Å². The summed E-state index contributed by atoms with van der Waals surface area (Å²) in [6, 6.07) is 19.1. The minimum atomic E-state index is -4.48. The lowest BCUT2D eigenvalue weighted by atomic mass is 9.88. The molecule has 4 N–H and O–H groups in total. The molecule has 6 nitrogen and oxygen atoms in total. The second-order valence-corrected chi connectivity index (χ2v) is 9.08. The molecule has 0 aromatic heterocycles. The van der Waals surface area contributed by atoms with E-state index in [1.165, 1.54) is 18.2 Å². The zero-order chi connectivity index (χ0) is 26.6. The van der Waals surface area contributed by atoms with Gasteiger partial charge in [-0.1, -0.05) is 42.5 Å². The second kappa shape index (κ2) is 10.9. The Labute approximate surface area is 213 Å². The number of hydrogen-bond acceptors (Lipinski definition) is 4. The lowest BCUT2D eigenvalue weighted by Crippen LogP contribution is -2.28. The summed E-state index contributed by atoms with van der Waals surface area (Å²) in [6.45, 7) is 1.12. The molecule has 3 aromatic rings. The molecule has 9 heteroatoms. The maximum atomic E-state index is 13.0. The lowest BCUT2D eigenvalue weighted by molar-refractivity contribution is -0.137. The van der Waals surface area contributed by atoms with Crippen molar-refractivity contribution in [1.82, 2.24) is 4.90 Å². The third-order valence-corrected chi connectivity index (χ3v) is 6.31. The molecule has 3 aromatic carbocycles. The van der Waals surface area contributed by atoms with Crippen LogP contribution >= 0.6 is 0 Å². The van der Waals surface area contributed by atoms with Gasteiger partial charge in [0.05, 0.1) is 22.9 Å². The zero-order valence-electron chi connectivity index (χ0n) is 20.1. The average molecular weight is 509 g/mol. The molecule has 1 heterocycles. The highest BCUT2D eigenvalue weighted by Crippen LogP contribution is 2.34. The van der Waals surface area contributed by atoms with Gasteiger partial charge in [-0.25, -0.2) is 0 Å². The molecule has 0 bridgehead atoms. The standard InChI is InChI=1S/C28H27F3N4O2/c1-35-16-22(23(17-35)27(37)33-21-6-4-5-20(15-21)28(29,30)31)19-12-9-18(10-13-19)11-14-26(36)34-25-8-3-2-7-24(25)32/h2-15,22-23H,16-17,32H2,1H3,(H,33,37)(H,34,36)/b14-11+. The van der Waals surface area contributed by atoms with Gasteiger partial charge in [-0.3, -0.25) is 9.59 Å². The van der Waals surface area contributed by atoms with Gasteiger partial charge in [0.15, 0.2) is 0 Å². The Bertz CT molecular complexity index is 1310. The number of rotatable bonds is 6. The minimum absolute atomic E-state index is 0.115. The van der Waals surface area contributed by atoms with Crippen molar-refractivity contribution in [1.29, 1.82) is 0 Å². The Balaban J connectivity index is 1.42. The zero-order valence-corrected chi connectivity index (χ0v) is 20.1. The molecular formula is C28H27F3N4O2. The fourth-order valence-corrected chi connectivity index (χ4v) is 4.42. The molecule has 0 spiro atoms. The number of carbonyl (C=O) groups excluding carboxylic acids is 2. The molecule has 4 rings (SSSR count). The fourth-order valence-electron chi connectivity index (χ4n) is 4.42. The maximum Gasteiger partial charge on any atom is 0.416 e. The van der Waals surface area contributed by atoms with Gasteiger partial charge in [0.2, 0.25) is 11.8 Å². The number of benzene rings is 3. The van der Waals surface area contributed by atoms with Gasteiger partial charge in [0.25, 0.3) is 0 Å². The number of likely N-dealkylation sites (tertiary alicyclic amines) is 1. The highest BCUT2D eigenvalue weighted by Gasteiger charge is 2.37. The largest absolute Gasteiger partial charge is 0.416 e. The molecule has 1 aliphatic heterocycles. The van der Waals surface area contributed by atoms with Crippen LogP contribution in [0.3, 0.4) is 0 Å². The Morgan fingerprint density at radius 3 is 2.41 bits per heavy atom. The van der Waals surface area contributed by atoms with Crippen LogP contribution in [0.5, 0.6) is 0 Å². The number of nitrogens with one attached hydrogen (secondary N) is 2. The van der Waals surface area contributed by atoms with Crippen LogP contribution in [-0.2, 0) is 15.8 Å². The topological polar surface area (TPSA) is 87.5 Å². The highest BCUT2D eigenvalue weighted by molar-refractivity contribution is 6.03. The Kier molecular flexibility index (Phi) is 7.63. The van der Waals surface area contributed by atoms with Crippen LogP contribution in [-0.4, -0.2) is 36.9 Å². The number of hydrogen-bond donors (Lipinski definition) is 3. The number of nitrogen functional groups attached to an aromatic ring is 1. The minimum Gasteiger partial charge on any atom is -0.397 e. The summed E-state index contributed by atoms with van der Waals surface area (Å²) in [5, 5.41) is 5.38. The summed E-state index contributed by atoms with van der Waals surface area (Å²) >= 11 is 0. The molecule has 1 aliphatic rings. The molecular weight excluding hydrogens is 481 g/mol. The van der Waals surface area contributed by atoms with Crippen molar-refractivity contribution < 1.29 is 22.8 Å². The summed E-state index contributed by atoms with van der Waals surface area (Å²) in [5.74, 6) is -1.19. The number of nitrogens with zero attached hydrogens (tertiary/aromatic N) is 1. The summed E-state index contributed by atoms with van der Waals surface area (Å²) in [4.78, 5) is 27.3. The van der Waals surface area contributed by atoms with Crippen LogP contribution in [0.1, 0.15) is 22.6 Å². The van der Waals surface area contributed by atoms with Crippen molar-refractivity contribution in [2.75, 3.05) is 36.5 Å². The number of nitrogens with two attached hydrogens (primary N) is 1. The second-order valence-electron chi connectivity index (χ2n) is 9.08. The van der Waals surface area contributed by atoms with Crippen molar-refractivity contribution in [3.05, 3.63) is 95.6 Å². The van der Waals surface area contributed by atoms with E-state index in [1.54, 1.807) is 30.3 Å². The van der Waals surface area contributed by atoms with E-state index in [1.807, 2.05) is 36.2 Å². The normalized spacial score (nSPS) is 18.2. The van der Waals surface area contributed by atoms with E-state index in [4.69, 9.17) is 5.73 Å². The highest BCUT2D eigenvalue weighted by atomic mass is 19.4.